The molecule has 0 spiro atoms. The van der Waals surface area contributed by atoms with E-state index in [2.05, 4.69) is 18.7 Å². The molecule has 2 nitrogen and oxygen atoms in total. The third-order valence-corrected chi connectivity index (χ3v) is 0.786. The van der Waals surface area contributed by atoms with Gasteiger partial charge in [0, 0.05) is 5.90 Å². The molecule has 0 aromatic carbocycles. The van der Waals surface area contributed by atoms with Gasteiger partial charge in [0.15, 0.2) is 0 Å². The van der Waals surface area contributed by atoms with Crippen LogP contribution < -0.4 is 5.90 Å². The first-order valence-electron chi connectivity index (χ1n) is 2.53. The monoisotopic (exact) mass is 101 g/mol. The third-order valence-electron chi connectivity index (χ3n) is 0.786. The van der Waals surface area contributed by atoms with Crippen LogP contribution in [0.2, 0.25) is 0 Å². The minimum Gasteiger partial charge on any atom is -0.264 e. The minimum atomic E-state index is 0.456. The molecular weight excluding hydrogens is 90.1 g/mol. The highest BCUT2D eigenvalue weighted by atomic mass is 16.6. The molecule has 0 saturated carbocycles. The van der Waals surface area contributed by atoms with Crippen molar-refractivity contribution in [1.29, 1.82) is 0 Å². The van der Waals surface area contributed by atoms with Gasteiger partial charge in [0.1, 0.15) is 0 Å². The molecule has 0 N–H and O–H groups in total. The summed E-state index contributed by atoms with van der Waals surface area (Å²) in [5.41, 5.74) is 0. The predicted molar refractivity (Wildman–Crippen MR) is 27.5 cm³/mol. The first kappa shape index (κ1) is 6.92. The zero-order valence-corrected chi connectivity index (χ0v) is 4.85. The van der Waals surface area contributed by atoms with E-state index in [0.717, 1.165) is 6.42 Å². The first-order chi connectivity index (χ1) is 3.27. The van der Waals surface area contributed by atoms with Crippen LogP contribution in [0, 0.1) is 5.92 Å². The Morgan fingerprint density at radius 2 is 2.14 bits per heavy atom. The van der Waals surface area contributed by atoms with Crippen LogP contribution in [0.25, 0.3) is 0 Å². The van der Waals surface area contributed by atoms with Gasteiger partial charge >= 0.3 is 0 Å². The highest BCUT2D eigenvalue weighted by Crippen LogP contribution is 1.96. The molecule has 0 rings (SSSR count). The van der Waals surface area contributed by atoms with Crippen LogP contribution >= 0.6 is 0 Å². The fraction of sp³-hybridized carbons (Fsp3) is 1.00. The van der Waals surface area contributed by atoms with E-state index >= 15 is 0 Å². The summed E-state index contributed by atoms with van der Waals surface area (Å²) in [5.74, 6) is 8.43. The zero-order chi connectivity index (χ0) is 5.70. The Morgan fingerprint density at radius 3 is 2.29 bits per heavy atom. The van der Waals surface area contributed by atoms with Crippen molar-refractivity contribution in [2.45, 2.75) is 20.3 Å². The normalized spacial score (nSPS) is 10.3. The van der Waals surface area contributed by atoms with Gasteiger partial charge in [-0.1, -0.05) is 13.8 Å². The molecule has 2 radical (unpaired) electrons. The largest absolute Gasteiger partial charge is 0.264 e. The highest BCUT2D eigenvalue weighted by molar-refractivity contribution is 4.39. The summed E-state index contributed by atoms with van der Waals surface area (Å²) in [4.78, 5) is 3.85. The van der Waals surface area contributed by atoms with Gasteiger partial charge in [-0.25, -0.2) is 0 Å². The van der Waals surface area contributed by atoms with E-state index in [-0.39, 0.29) is 0 Å². The van der Waals surface area contributed by atoms with Crippen molar-refractivity contribution in [3.63, 3.8) is 0 Å². The lowest BCUT2D eigenvalue weighted by molar-refractivity contribution is 0.108. The van der Waals surface area contributed by atoms with E-state index < -0.39 is 0 Å². The van der Waals surface area contributed by atoms with Gasteiger partial charge in [-0.2, -0.15) is 0 Å². The van der Waals surface area contributed by atoms with Crippen molar-refractivity contribution >= 4 is 0 Å². The summed E-state index contributed by atoms with van der Waals surface area (Å²) < 4.78 is 0. The lowest BCUT2D eigenvalue weighted by Crippen LogP contribution is -1.95. The van der Waals surface area contributed by atoms with Crippen LogP contribution in [0.15, 0.2) is 0 Å². The molecule has 0 aliphatic heterocycles. The Morgan fingerprint density at radius 1 is 1.57 bits per heavy atom. The van der Waals surface area contributed by atoms with Crippen molar-refractivity contribution in [2.24, 2.45) is 5.92 Å². The molecule has 0 saturated heterocycles. The average Bonchev–Trinajstić information content (AvgIpc) is 1.61. The maximum absolute atomic E-state index is 7.82. The van der Waals surface area contributed by atoms with Gasteiger partial charge in [-0.15, -0.1) is 0 Å². The molecule has 7 heavy (non-hydrogen) atoms. The van der Waals surface area contributed by atoms with Crippen molar-refractivity contribution in [2.75, 3.05) is 6.61 Å². The zero-order valence-electron chi connectivity index (χ0n) is 4.85. The topological polar surface area (TPSA) is 31.5 Å². The molecule has 2 heteroatoms. The lowest BCUT2D eigenvalue weighted by Gasteiger charge is -1.97. The number of hydrogen-bond acceptors (Lipinski definition) is 1. The van der Waals surface area contributed by atoms with Crippen molar-refractivity contribution in [3.8, 4) is 0 Å². The Kier molecular flexibility index (Phi) is 4.04. The van der Waals surface area contributed by atoms with Crippen LogP contribution in [-0.4, -0.2) is 6.61 Å². The van der Waals surface area contributed by atoms with Gasteiger partial charge in [-0.3, -0.25) is 4.84 Å². The van der Waals surface area contributed by atoms with E-state index in [1.807, 2.05) is 0 Å². The van der Waals surface area contributed by atoms with Gasteiger partial charge < -0.3 is 0 Å². The van der Waals surface area contributed by atoms with Gasteiger partial charge in [0.25, 0.3) is 0 Å². The van der Waals surface area contributed by atoms with Crippen molar-refractivity contribution in [3.05, 3.63) is 0 Å². The molecule has 0 heterocycles. The second kappa shape index (κ2) is 4.09. The molecule has 0 aliphatic carbocycles. The summed E-state index contributed by atoms with van der Waals surface area (Å²) in [7, 11) is 0. The fourth-order valence-electron chi connectivity index (χ4n) is 0.288. The lowest BCUT2D eigenvalue weighted by atomic mass is 10.1. The van der Waals surface area contributed by atoms with E-state index in [4.69, 9.17) is 5.90 Å². The van der Waals surface area contributed by atoms with E-state index in [1.54, 1.807) is 0 Å². The highest BCUT2D eigenvalue weighted by Gasteiger charge is 1.90. The number of hydrogen-bond donors (Lipinski definition) is 0. The molecule has 42 valence electrons. The summed E-state index contributed by atoms with van der Waals surface area (Å²) in [6, 6.07) is 0. The molecular formula is C5H11NO. The van der Waals surface area contributed by atoms with Gasteiger partial charge in [0.2, 0.25) is 0 Å². The van der Waals surface area contributed by atoms with E-state index in [1.165, 1.54) is 0 Å². The van der Waals surface area contributed by atoms with Gasteiger partial charge in [0.05, 0.1) is 6.61 Å². The summed E-state index contributed by atoms with van der Waals surface area (Å²) in [5, 5.41) is 0. The fourth-order valence-corrected chi connectivity index (χ4v) is 0.288. The predicted octanol–water partition coefficient (Wildman–Crippen LogP) is 1.03. The Labute approximate surface area is 44.6 Å². The Balaban J connectivity index is 2.68. The average molecular weight is 101 g/mol. The molecule has 0 aromatic heterocycles. The van der Waals surface area contributed by atoms with Crippen molar-refractivity contribution < 1.29 is 4.84 Å². The van der Waals surface area contributed by atoms with Crippen LogP contribution in [0.1, 0.15) is 20.3 Å². The van der Waals surface area contributed by atoms with Gasteiger partial charge in [-0.05, 0) is 12.3 Å². The molecule has 0 bridgehead atoms. The number of rotatable bonds is 3. The van der Waals surface area contributed by atoms with Crippen LogP contribution in [0.5, 0.6) is 0 Å². The quantitative estimate of drug-likeness (QED) is 0.488. The Bertz CT molecular complexity index is 37.1. The summed E-state index contributed by atoms with van der Waals surface area (Å²) in [6.45, 7) is 4.62. The molecule has 0 unspecified atom stereocenters. The second-order valence-corrected chi connectivity index (χ2v) is 2.02. The smallest absolute Gasteiger partial charge is 0.0722 e. The maximum atomic E-state index is 7.82. The molecule has 0 atom stereocenters. The molecule has 0 fully saturated rings. The van der Waals surface area contributed by atoms with E-state index in [9.17, 15) is 0 Å². The Hall–Kier alpha value is -0.0800. The minimum absolute atomic E-state index is 0.456. The SMILES string of the molecule is CC(C)CCO[N]. The van der Waals surface area contributed by atoms with Crippen molar-refractivity contribution in [1.82, 2.24) is 5.90 Å². The summed E-state index contributed by atoms with van der Waals surface area (Å²) in [6.07, 6.45) is 0.927. The first-order valence-corrected chi connectivity index (χ1v) is 2.53. The van der Waals surface area contributed by atoms with E-state index in [0.29, 0.717) is 12.5 Å². The third kappa shape index (κ3) is 5.92. The molecule has 0 amide bonds. The van der Waals surface area contributed by atoms with Crippen LogP contribution in [0.3, 0.4) is 0 Å². The molecule has 0 aromatic rings. The maximum Gasteiger partial charge on any atom is 0.0722 e. The summed E-state index contributed by atoms with van der Waals surface area (Å²) >= 11 is 0. The van der Waals surface area contributed by atoms with Crippen LogP contribution in [0.4, 0.5) is 0 Å². The second-order valence-electron chi connectivity index (χ2n) is 2.02. The number of nitrogens with zero attached hydrogens (tertiary/aromatic N) is 1. The van der Waals surface area contributed by atoms with Crippen LogP contribution in [-0.2, 0) is 4.84 Å². The molecule has 0 aliphatic rings. The standard InChI is InChI=1S/C5H11NO/c1-5(2)3-4-7-6/h5H,3-4H2,1-2H3.